The fourth-order valence-electron chi connectivity index (χ4n) is 3.72. The summed E-state index contributed by atoms with van der Waals surface area (Å²) in [5.41, 5.74) is 3.45. The molecule has 2 aliphatic rings. The highest BCUT2D eigenvalue weighted by molar-refractivity contribution is 5.75. The largest absolute Gasteiger partial charge is 0.426 e. The number of aryl methyl sites for hydroxylation is 2. The quantitative estimate of drug-likeness (QED) is 0.506. The van der Waals surface area contributed by atoms with Crippen LogP contribution in [0.1, 0.15) is 49.9 Å². The predicted molar refractivity (Wildman–Crippen MR) is 97.4 cm³/mol. The summed E-state index contributed by atoms with van der Waals surface area (Å²) < 4.78 is 5.53. The van der Waals surface area contributed by atoms with Crippen molar-refractivity contribution in [1.82, 2.24) is 9.97 Å². The molecule has 130 valence electrons. The lowest BCUT2D eigenvalue weighted by Crippen LogP contribution is -2.17. The Morgan fingerprint density at radius 2 is 1.76 bits per heavy atom. The van der Waals surface area contributed by atoms with Gasteiger partial charge in [0.25, 0.3) is 0 Å². The van der Waals surface area contributed by atoms with E-state index in [4.69, 9.17) is 9.72 Å². The van der Waals surface area contributed by atoms with Gasteiger partial charge in [0.05, 0.1) is 11.6 Å². The molecule has 4 rings (SSSR count). The number of aromatic amines is 1. The maximum atomic E-state index is 12.1. The summed E-state index contributed by atoms with van der Waals surface area (Å²) in [6, 6.07) is 7.68. The number of aromatic nitrogens is 2. The van der Waals surface area contributed by atoms with Crippen LogP contribution in [0.15, 0.2) is 36.4 Å². The van der Waals surface area contributed by atoms with Gasteiger partial charge in [0.2, 0.25) is 0 Å². The van der Waals surface area contributed by atoms with Crippen molar-refractivity contribution in [2.24, 2.45) is 5.92 Å². The fraction of sp³-hybridized carbons (Fsp3) is 0.429. The second kappa shape index (κ2) is 7.26. The first kappa shape index (κ1) is 16.1. The molecule has 1 heterocycles. The van der Waals surface area contributed by atoms with Crippen molar-refractivity contribution in [3.05, 3.63) is 47.8 Å². The van der Waals surface area contributed by atoms with Crippen LogP contribution in [0.5, 0.6) is 5.75 Å². The zero-order valence-corrected chi connectivity index (χ0v) is 14.5. The Balaban J connectivity index is 1.46. The zero-order chi connectivity index (χ0) is 17.1. The van der Waals surface area contributed by atoms with Gasteiger partial charge in [-0.1, -0.05) is 25.0 Å². The number of carbonyl (C=O) groups excluding carboxylic acids is 1. The third kappa shape index (κ3) is 3.68. The molecule has 1 saturated carbocycles. The Kier molecular flexibility index (Phi) is 4.68. The standard InChI is InChI=1S/C21H24N2O2/c24-21(16-7-5-6-8-16)25-17-13-11-15(12-14-17)20-22-18-9-3-1-2-4-10-19(18)23-20/h1-2,11-14,16H,3-10H2,(H,22,23)/b2-1+. The number of hydrogen-bond donors (Lipinski definition) is 1. The average Bonchev–Trinajstić information content (AvgIpc) is 3.26. The minimum absolute atomic E-state index is 0.0814. The van der Waals surface area contributed by atoms with Gasteiger partial charge in [0.15, 0.2) is 0 Å². The fourth-order valence-corrected chi connectivity index (χ4v) is 3.72. The summed E-state index contributed by atoms with van der Waals surface area (Å²) in [5.74, 6) is 1.52. The number of nitrogens with zero attached hydrogens (tertiary/aromatic N) is 1. The second-order valence-electron chi connectivity index (χ2n) is 6.99. The van der Waals surface area contributed by atoms with Gasteiger partial charge >= 0.3 is 5.97 Å². The van der Waals surface area contributed by atoms with E-state index in [1.165, 1.54) is 11.4 Å². The second-order valence-corrected chi connectivity index (χ2v) is 6.99. The van der Waals surface area contributed by atoms with Gasteiger partial charge in [-0.3, -0.25) is 4.79 Å². The predicted octanol–water partition coefficient (Wildman–Crippen LogP) is 4.61. The number of rotatable bonds is 3. The van der Waals surface area contributed by atoms with Crippen LogP contribution < -0.4 is 4.74 Å². The van der Waals surface area contributed by atoms with Gasteiger partial charge in [-0.2, -0.15) is 0 Å². The molecule has 4 heteroatoms. The Morgan fingerprint density at radius 1 is 1.04 bits per heavy atom. The number of ether oxygens (including phenoxy) is 1. The van der Waals surface area contributed by atoms with E-state index in [-0.39, 0.29) is 11.9 Å². The molecule has 0 unspecified atom stereocenters. The molecule has 25 heavy (non-hydrogen) atoms. The van der Waals surface area contributed by atoms with Gasteiger partial charge in [-0.25, -0.2) is 4.98 Å². The van der Waals surface area contributed by atoms with E-state index in [0.717, 1.165) is 62.8 Å². The number of nitrogens with one attached hydrogen (secondary N) is 1. The Hall–Kier alpha value is -2.36. The third-order valence-corrected chi connectivity index (χ3v) is 5.17. The van der Waals surface area contributed by atoms with Crippen LogP contribution in [0.3, 0.4) is 0 Å². The van der Waals surface area contributed by atoms with Crippen LogP contribution in [-0.4, -0.2) is 15.9 Å². The van der Waals surface area contributed by atoms with Crippen molar-refractivity contribution < 1.29 is 9.53 Å². The third-order valence-electron chi connectivity index (χ3n) is 5.17. The number of esters is 1. The summed E-state index contributed by atoms with van der Waals surface area (Å²) in [6.07, 6.45) is 12.8. The van der Waals surface area contributed by atoms with Gasteiger partial charge in [-0.05, 0) is 62.8 Å². The SMILES string of the molecule is O=C(Oc1ccc(-c2nc3c([nH]2)CC/C=C/CC3)cc1)C1CCCC1. The molecule has 2 aliphatic carbocycles. The van der Waals surface area contributed by atoms with Gasteiger partial charge in [-0.15, -0.1) is 0 Å². The maximum Gasteiger partial charge on any atom is 0.314 e. The van der Waals surface area contributed by atoms with E-state index in [2.05, 4.69) is 17.1 Å². The minimum Gasteiger partial charge on any atom is -0.426 e. The van der Waals surface area contributed by atoms with Crippen LogP contribution in [0.2, 0.25) is 0 Å². The molecular weight excluding hydrogens is 312 g/mol. The number of hydrogen-bond acceptors (Lipinski definition) is 3. The van der Waals surface area contributed by atoms with Gasteiger partial charge in [0.1, 0.15) is 11.6 Å². The topological polar surface area (TPSA) is 55.0 Å². The smallest absolute Gasteiger partial charge is 0.314 e. The van der Waals surface area contributed by atoms with E-state index in [1.807, 2.05) is 24.3 Å². The number of carbonyl (C=O) groups is 1. The Morgan fingerprint density at radius 3 is 2.52 bits per heavy atom. The van der Waals surface area contributed by atoms with Crippen LogP contribution in [0, 0.1) is 5.92 Å². The lowest BCUT2D eigenvalue weighted by atomic mass is 10.1. The molecule has 2 aromatic rings. The molecule has 1 aromatic heterocycles. The first-order chi connectivity index (χ1) is 12.3. The van der Waals surface area contributed by atoms with Crippen LogP contribution in [-0.2, 0) is 17.6 Å². The summed E-state index contributed by atoms with van der Waals surface area (Å²) in [4.78, 5) is 20.4. The van der Waals surface area contributed by atoms with Crippen LogP contribution >= 0.6 is 0 Å². The molecule has 1 fully saturated rings. The normalized spacial score (nSPS) is 19.0. The van der Waals surface area contributed by atoms with E-state index < -0.39 is 0 Å². The number of imidazole rings is 1. The molecule has 0 aliphatic heterocycles. The summed E-state index contributed by atoms with van der Waals surface area (Å²) >= 11 is 0. The van der Waals surface area contributed by atoms with Crippen molar-refractivity contribution in [3.63, 3.8) is 0 Å². The Labute approximate surface area is 148 Å². The number of H-pyrrole nitrogens is 1. The molecule has 0 atom stereocenters. The van der Waals surface area contributed by atoms with Gasteiger partial charge < -0.3 is 9.72 Å². The maximum absolute atomic E-state index is 12.1. The van der Waals surface area contributed by atoms with Crippen molar-refractivity contribution in [1.29, 1.82) is 0 Å². The molecule has 1 N–H and O–H groups in total. The molecule has 0 spiro atoms. The average molecular weight is 336 g/mol. The zero-order valence-electron chi connectivity index (χ0n) is 14.5. The highest BCUT2D eigenvalue weighted by Gasteiger charge is 2.24. The number of fused-ring (bicyclic) bond motifs is 1. The molecule has 4 nitrogen and oxygen atoms in total. The van der Waals surface area contributed by atoms with Gasteiger partial charge in [0, 0.05) is 11.3 Å². The van der Waals surface area contributed by atoms with E-state index in [1.54, 1.807) is 0 Å². The highest BCUT2D eigenvalue weighted by atomic mass is 16.5. The molecular formula is C21H24N2O2. The van der Waals surface area contributed by atoms with Crippen molar-refractivity contribution in [3.8, 4) is 17.1 Å². The minimum atomic E-state index is -0.0845. The molecule has 1 aromatic carbocycles. The molecule has 0 amide bonds. The molecule has 0 bridgehead atoms. The summed E-state index contributed by atoms with van der Waals surface area (Å²) in [6.45, 7) is 0. The Bertz CT molecular complexity index is 740. The number of benzene rings is 1. The van der Waals surface area contributed by atoms with Crippen molar-refractivity contribution in [2.75, 3.05) is 0 Å². The van der Waals surface area contributed by atoms with Crippen molar-refractivity contribution in [2.45, 2.75) is 51.4 Å². The van der Waals surface area contributed by atoms with E-state index in [0.29, 0.717) is 5.75 Å². The van der Waals surface area contributed by atoms with E-state index >= 15 is 0 Å². The van der Waals surface area contributed by atoms with Crippen molar-refractivity contribution >= 4 is 5.97 Å². The number of allylic oxidation sites excluding steroid dienone is 2. The van der Waals surface area contributed by atoms with E-state index in [9.17, 15) is 4.79 Å². The monoisotopic (exact) mass is 336 g/mol. The molecule has 0 radical (unpaired) electrons. The lowest BCUT2D eigenvalue weighted by molar-refractivity contribution is -0.138. The molecule has 0 saturated heterocycles. The van der Waals surface area contributed by atoms with Crippen LogP contribution in [0.25, 0.3) is 11.4 Å². The first-order valence-electron chi connectivity index (χ1n) is 9.34. The highest BCUT2D eigenvalue weighted by Crippen LogP contribution is 2.28. The summed E-state index contributed by atoms with van der Waals surface area (Å²) in [5, 5.41) is 0. The lowest BCUT2D eigenvalue weighted by Gasteiger charge is -2.09. The summed E-state index contributed by atoms with van der Waals surface area (Å²) in [7, 11) is 0. The van der Waals surface area contributed by atoms with Crippen LogP contribution in [0.4, 0.5) is 0 Å². The first-order valence-corrected chi connectivity index (χ1v) is 9.34.